The lowest BCUT2D eigenvalue weighted by molar-refractivity contribution is -0.165. The van der Waals surface area contributed by atoms with Crippen LogP contribution in [0.1, 0.15) is 19.3 Å². The first-order valence-electron chi connectivity index (χ1n) is 3.72. The number of alkyl halides is 3. The minimum Gasteiger partial charge on any atom is -0.193 e. The Morgan fingerprint density at radius 3 is 2.58 bits per heavy atom. The number of hydrogen-bond donors (Lipinski definition) is 0. The van der Waals surface area contributed by atoms with Crippen LogP contribution in [-0.2, 0) is 0 Å². The molecule has 12 heavy (non-hydrogen) atoms. The second-order valence-corrected chi connectivity index (χ2v) is 2.80. The van der Waals surface area contributed by atoms with Gasteiger partial charge in [-0.15, -0.1) is 0 Å². The van der Waals surface area contributed by atoms with E-state index in [0.29, 0.717) is 12.8 Å². The Morgan fingerprint density at radius 2 is 2.17 bits per heavy atom. The Hall–Kier alpha value is -0.980. The maximum atomic E-state index is 12.2. The molecule has 1 unspecified atom stereocenters. The Kier molecular flexibility index (Phi) is 2.41. The van der Waals surface area contributed by atoms with Crippen molar-refractivity contribution in [3.8, 4) is 6.07 Å². The fourth-order valence-electron chi connectivity index (χ4n) is 1.34. The highest BCUT2D eigenvalue weighted by Crippen LogP contribution is 2.37. The molecule has 66 valence electrons. The van der Waals surface area contributed by atoms with E-state index in [1.165, 1.54) is 6.08 Å². The summed E-state index contributed by atoms with van der Waals surface area (Å²) >= 11 is 0. The highest BCUT2D eigenvalue weighted by molar-refractivity contribution is 5.26. The minimum atomic E-state index is -4.25. The molecule has 1 rings (SSSR count). The number of hydrogen-bond acceptors (Lipinski definition) is 1. The van der Waals surface area contributed by atoms with Crippen molar-refractivity contribution in [2.75, 3.05) is 0 Å². The van der Waals surface area contributed by atoms with E-state index in [1.54, 1.807) is 6.07 Å². The third kappa shape index (κ3) is 1.79. The van der Waals surface area contributed by atoms with Gasteiger partial charge in [0.2, 0.25) is 0 Å². The van der Waals surface area contributed by atoms with Crippen molar-refractivity contribution in [3.05, 3.63) is 11.6 Å². The van der Waals surface area contributed by atoms with Gasteiger partial charge in [-0.2, -0.15) is 18.4 Å². The summed E-state index contributed by atoms with van der Waals surface area (Å²) in [5.74, 6) is -1.52. The summed E-state index contributed by atoms with van der Waals surface area (Å²) in [7, 11) is 0. The van der Waals surface area contributed by atoms with Crippen molar-refractivity contribution in [1.82, 2.24) is 0 Å². The molecule has 0 aromatic rings. The first-order chi connectivity index (χ1) is 5.55. The average molecular weight is 175 g/mol. The molecule has 0 spiro atoms. The van der Waals surface area contributed by atoms with Crippen LogP contribution in [0, 0.1) is 17.2 Å². The van der Waals surface area contributed by atoms with Crippen molar-refractivity contribution in [3.63, 3.8) is 0 Å². The van der Waals surface area contributed by atoms with Crippen molar-refractivity contribution in [2.45, 2.75) is 25.4 Å². The lowest BCUT2D eigenvalue weighted by Gasteiger charge is -2.22. The van der Waals surface area contributed by atoms with Crippen molar-refractivity contribution in [2.24, 2.45) is 5.92 Å². The second-order valence-electron chi connectivity index (χ2n) is 2.80. The van der Waals surface area contributed by atoms with Gasteiger partial charge in [-0.25, -0.2) is 0 Å². The summed E-state index contributed by atoms with van der Waals surface area (Å²) in [5.41, 5.74) is -0.117. The molecule has 0 saturated carbocycles. The van der Waals surface area contributed by atoms with Crippen LogP contribution in [0.15, 0.2) is 11.6 Å². The van der Waals surface area contributed by atoms with Crippen molar-refractivity contribution in [1.29, 1.82) is 5.26 Å². The predicted molar refractivity (Wildman–Crippen MR) is 37.1 cm³/mol. The van der Waals surface area contributed by atoms with Crippen LogP contribution in [0.3, 0.4) is 0 Å². The largest absolute Gasteiger partial charge is 0.396 e. The molecule has 0 aromatic heterocycles. The van der Waals surface area contributed by atoms with Crippen LogP contribution in [0.2, 0.25) is 0 Å². The summed E-state index contributed by atoms with van der Waals surface area (Å²) < 4.78 is 36.6. The van der Waals surface area contributed by atoms with E-state index in [4.69, 9.17) is 5.26 Å². The van der Waals surface area contributed by atoms with Crippen molar-refractivity contribution >= 4 is 0 Å². The van der Waals surface area contributed by atoms with E-state index in [1.807, 2.05) is 0 Å². The summed E-state index contributed by atoms with van der Waals surface area (Å²) in [6.45, 7) is 0. The number of nitriles is 1. The second kappa shape index (κ2) is 3.18. The number of nitrogens with zero attached hydrogens (tertiary/aromatic N) is 1. The van der Waals surface area contributed by atoms with Gasteiger partial charge in [-0.05, 0) is 19.3 Å². The summed E-state index contributed by atoms with van der Waals surface area (Å²) in [6, 6.07) is 1.60. The lowest BCUT2D eigenvalue weighted by atomic mass is 9.88. The molecule has 0 N–H and O–H groups in total. The van der Waals surface area contributed by atoms with Crippen LogP contribution in [-0.4, -0.2) is 6.18 Å². The van der Waals surface area contributed by atoms with E-state index >= 15 is 0 Å². The molecule has 0 aromatic carbocycles. The fourth-order valence-corrected chi connectivity index (χ4v) is 1.34. The summed E-state index contributed by atoms with van der Waals surface area (Å²) in [5, 5.41) is 8.41. The average Bonchev–Trinajstić information content (AvgIpc) is 2.03. The highest BCUT2D eigenvalue weighted by atomic mass is 19.4. The van der Waals surface area contributed by atoms with E-state index < -0.39 is 12.1 Å². The Morgan fingerprint density at radius 1 is 1.50 bits per heavy atom. The van der Waals surface area contributed by atoms with Gasteiger partial charge < -0.3 is 0 Å². The number of halogens is 3. The van der Waals surface area contributed by atoms with Crippen LogP contribution >= 0.6 is 0 Å². The molecule has 1 aliphatic rings. The molecule has 4 heteroatoms. The topological polar surface area (TPSA) is 23.8 Å². The van der Waals surface area contributed by atoms with Gasteiger partial charge >= 0.3 is 6.18 Å². The van der Waals surface area contributed by atoms with Gasteiger partial charge in [0, 0.05) is 5.57 Å². The molecule has 0 heterocycles. The van der Waals surface area contributed by atoms with Gasteiger partial charge in [-0.3, -0.25) is 0 Å². The normalized spacial score (nSPS) is 24.5. The number of allylic oxidation sites excluding steroid dienone is 2. The zero-order valence-electron chi connectivity index (χ0n) is 6.36. The maximum absolute atomic E-state index is 12.2. The van der Waals surface area contributed by atoms with E-state index in [2.05, 4.69) is 0 Å². The van der Waals surface area contributed by atoms with E-state index in [-0.39, 0.29) is 12.0 Å². The molecule has 0 saturated heterocycles. The van der Waals surface area contributed by atoms with Crippen LogP contribution in [0.4, 0.5) is 13.2 Å². The Bertz CT molecular complexity index is 234. The molecule has 1 aliphatic carbocycles. The van der Waals surface area contributed by atoms with Crippen LogP contribution < -0.4 is 0 Å². The van der Waals surface area contributed by atoms with Crippen LogP contribution in [0.5, 0.6) is 0 Å². The number of rotatable bonds is 0. The van der Waals surface area contributed by atoms with Gasteiger partial charge in [0.05, 0.1) is 12.0 Å². The summed E-state index contributed by atoms with van der Waals surface area (Å²) in [6.07, 6.45) is -1.68. The quantitative estimate of drug-likeness (QED) is 0.555. The SMILES string of the molecule is N#CC1=CCCCC1C(F)(F)F. The highest BCUT2D eigenvalue weighted by Gasteiger charge is 2.42. The predicted octanol–water partition coefficient (Wildman–Crippen LogP) is 2.80. The van der Waals surface area contributed by atoms with Gasteiger partial charge in [-0.1, -0.05) is 6.08 Å². The molecule has 0 radical (unpaired) electrons. The first-order valence-corrected chi connectivity index (χ1v) is 3.72. The monoisotopic (exact) mass is 175 g/mol. The van der Waals surface area contributed by atoms with Gasteiger partial charge in [0.25, 0.3) is 0 Å². The minimum absolute atomic E-state index is 0.0584. The molecule has 0 fully saturated rings. The molecular formula is C8H8F3N. The molecule has 0 amide bonds. The van der Waals surface area contributed by atoms with Crippen molar-refractivity contribution < 1.29 is 13.2 Å². The van der Waals surface area contributed by atoms with Gasteiger partial charge in [0.1, 0.15) is 0 Å². The third-order valence-corrected chi connectivity index (χ3v) is 1.96. The Labute approximate surface area is 68.5 Å². The Balaban J connectivity index is 2.84. The van der Waals surface area contributed by atoms with E-state index in [9.17, 15) is 13.2 Å². The molecule has 1 atom stereocenters. The smallest absolute Gasteiger partial charge is 0.193 e. The van der Waals surface area contributed by atoms with Gasteiger partial charge in [0.15, 0.2) is 0 Å². The lowest BCUT2D eigenvalue weighted by Crippen LogP contribution is -2.26. The maximum Gasteiger partial charge on any atom is 0.396 e. The fraction of sp³-hybridized carbons (Fsp3) is 0.625. The molecule has 0 bridgehead atoms. The van der Waals surface area contributed by atoms with Crippen LogP contribution in [0.25, 0.3) is 0 Å². The molecular weight excluding hydrogens is 167 g/mol. The molecule has 0 aliphatic heterocycles. The zero-order valence-corrected chi connectivity index (χ0v) is 6.36. The van der Waals surface area contributed by atoms with E-state index in [0.717, 1.165) is 0 Å². The third-order valence-electron chi connectivity index (χ3n) is 1.96. The zero-order chi connectivity index (χ0) is 9.19. The first kappa shape index (κ1) is 9.11. The molecule has 1 nitrogen and oxygen atoms in total. The standard InChI is InChI=1S/C8H8F3N/c9-8(10,11)7-4-2-1-3-6(7)5-12/h3,7H,1-2,4H2. The summed E-state index contributed by atoms with van der Waals surface area (Å²) in [4.78, 5) is 0.